The number of rotatable bonds is 8. The van der Waals surface area contributed by atoms with Crippen molar-refractivity contribution in [2.24, 2.45) is 0 Å². The van der Waals surface area contributed by atoms with Gasteiger partial charge in [0.15, 0.2) is 23.0 Å². The molecule has 3 aliphatic heterocycles. The molecule has 1 atom stereocenters. The van der Waals surface area contributed by atoms with Crippen LogP contribution in [-0.4, -0.2) is 41.6 Å². The topological polar surface area (TPSA) is 40.2 Å². The largest absolute Gasteiger partial charge is 0.493 e. The highest BCUT2D eigenvalue weighted by Gasteiger charge is 2.46. The number of halogens is 4. The molecule has 9 heteroatoms. The van der Waals surface area contributed by atoms with Crippen molar-refractivity contribution in [1.82, 2.24) is 4.90 Å². The Morgan fingerprint density at radius 1 is 1.06 bits per heavy atom. The van der Waals surface area contributed by atoms with Crippen LogP contribution in [0.2, 0.25) is 0 Å². The molecule has 5 nitrogen and oxygen atoms in total. The first-order chi connectivity index (χ1) is 16.9. The summed E-state index contributed by atoms with van der Waals surface area (Å²) in [5, 5.41) is 0. The van der Waals surface area contributed by atoms with E-state index in [0.717, 1.165) is 66.0 Å². The number of ether oxygens (including phenoxy) is 4. The molecule has 1 unspecified atom stereocenters. The Hall–Kier alpha value is -1.66. The molecule has 0 spiro atoms. The molecule has 2 aromatic carbocycles. The van der Waals surface area contributed by atoms with Gasteiger partial charge in [-0.3, -0.25) is 0 Å². The Kier molecular flexibility index (Phi) is 7.41. The first kappa shape index (κ1) is 25.0. The van der Waals surface area contributed by atoms with E-state index in [1.807, 2.05) is 18.2 Å². The number of hydrogen-bond acceptors (Lipinski definition) is 5. The fraction of sp³-hybridized carbons (Fsp3) is 0.462. The lowest BCUT2D eigenvalue weighted by Gasteiger charge is -2.46. The summed E-state index contributed by atoms with van der Waals surface area (Å²) in [6.07, 6.45) is 6.96. The molecule has 3 aliphatic rings. The average Bonchev–Trinajstić information content (AvgIpc) is 3.30. The number of nitrogens with zero attached hydrogens (tertiary/aromatic N) is 1. The van der Waals surface area contributed by atoms with Crippen molar-refractivity contribution in [1.29, 1.82) is 0 Å². The fourth-order valence-corrected chi connectivity index (χ4v) is 5.92. The molecule has 0 fully saturated rings. The number of fused-ring (bicyclic) bond motifs is 5. The van der Waals surface area contributed by atoms with Crippen LogP contribution < -0.4 is 18.9 Å². The Balaban J connectivity index is 1.56. The summed E-state index contributed by atoms with van der Waals surface area (Å²) in [6, 6.07) is 7.44. The van der Waals surface area contributed by atoms with Crippen molar-refractivity contribution in [3.05, 3.63) is 46.5 Å². The number of alkyl halides is 4. The number of methoxy groups -OCH3 is 1. The van der Waals surface area contributed by atoms with E-state index in [1.165, 1.54) is 5.56 Å². The van der Waals surface area contributed by atoms with Gasteiger partial charge in [0.2, 0.25) is 10.6 Å². The number of unbranched alkanes of at least 4 members (excludes halogenated alkanes) is 3. The van der Waals surface area contributed by atoms with Gasteiger partial charge in [-0.15, -0.1) is 11.6 Å². The van der Waals surface area contributed by atoms with Gasteiger partial charge in [0.05, 0.1) is 13.7 Å². The smallest absolute Gasteiger partial charge is 0.231 e. The maximum atomic E-state index is 6.67. The quantitative estimate of drug-likeness (QED) is 0.249. The molecular weight excluding hydrogens is 532 g/mol. The van der Waals surface area contributed by atoms with Crippen LogP contribution in [0.25, 0.3) is 11.8 Å². The normalized spacial score (nSPS) is 17.9. The van der Waals surface area contributed by atoms with Crippen molar-refractivity contribution in [2.75, 3.05) is 32.9 Å². The summed E-state index contributed by atoms with van der Waals surface area (Å²) in [5.74, 6) is 3.45. The zero-order chi connectivity index (χ0) is 24.6. The molecule has 35 heavy (non-hydrogen) atoms. The molecule has 0 amide bonds. The van der Waals surface area contributed by atoms with Gasteiger partial charge in [-0.05, 0) is 54.7 Å². The zero-order valence-electron chi connectivity index (χ0n) is 19.4. The van der Waals surface area contributed by atoms with Gasteiger partial charge in [-0.25, -0.2) is 0 Å². The van der Waals surface area contributed by atoms with E-state index in [9.17, 15) is 0 Å². The van der Waals surface area contributed by atoms with Crippen LogP contribution >= 0.6 is 46.4 Å². The third-order valence-electron chi connectivity index (χ3n) is 6.68. The monoisotopic (exact) mass is 557 g/mol. The molecule has 0 aliphatic carbocycles. The Morgan fingerprint density at radius 2 is 1.83 bits per heavy atom. The van der Waals surface area contributed by atoms with E-state index < -0.39 is 9.83 Å². The summed E-state index contributed by atoms with van der Waals surface area (Å²) in [6.45, 7) is 1.46. The van der Waals surface area contributed by atoms with Crippen LogP contribution in [0.1, 0.15) is 54.0 Å². The summed E-state index contributed by atoms with van der Waals surface area (Å²) < 4.78 is 21.6. The molecule has 0 saturated heterocycles. The zero-order valence-corrected chi connectivity index (χ0v) is 22.4. The Morgan fingerprint density at radius 3 is 2.57 bits per heavy atom. The summed E-state index contributed by atoms with van der Waals surface area (Å²) in [5.41, 5.74) is 5.01. The lowest BCUT2D eigenvalue weighted by Crippen LogP contribution is -2.41. The van der Waals surface area contributed by atoms with Crippen LogP contribution in [0, 0.1) is 0 Å². The molecule has 3 heterocycles. The predicted molar refractivity (Wildman–Crippen MR) is 142 cm³/mol. The van der Waals surface area contributed by atoms with E-state index in [2.05, 4.69) is 17.0 Å². The minimum absolute atomic E-state index is 0.229. The lowest BCUT2D eigenvalue weighted by atomic mass is 9.86. The molecule has 5 rings (SSSR count). The summed E-state index contributed by atoms with van der Waals surface area (Å²) >= 11 is 25.8. The number of benzene rings is 2. The molecule has 0 radical (unpaired) electrons. The maximum absolute atomic E-state index is 6.67. The van der Waals surface area contributed by atoms with Crippen LogP contribution in [-0.2, 0) is 6.42 Å². The van der Waals surface area contributed by atoms with Crippen LogP contribution in [0.3, 0.4) is 0 Å². The third-order valence-corrected chi connectivity index (χ3v) is 7.57. The first-order valence-electron chi connectivity index (χ1n) is 11.8. The van der Waals surface area contributed by atoms with Crippen molar-refractivity contribution in [3.8, 4) is 23.0 Å². The standard InChI is InChI=1S/C26H27Cl4NO4/c1-32-20-7-6-17-12-19-18-14-22-21(34-15-35-22)13-16(18)8-10-31(19)25(26(28,29)30)23(17)24(20)33-11-5-3-2-4-9-27/h6-7,12-14,25H,2-5,8-11,15H2,1H3. The molecule has 0 bridgehead atoms. The van der Waals surface area contributed by atoms with Crippen molar-refractivity contribution < 1.29 is 18.9 Å². The van der Waals surface area contributed by atoms with E-state index in [1.54, 1.807) is 7.11 Å². The highest BCUT2D eigenvalue weighted by molar-refractivity contribution is 6.68. The Bertz CT molecular complexity index is 1130. The first-order valence-corrected chi connectivity index (χ1v) is 13.5. The highest BCUT2D eigenvalue weighted by Crippen LogP contribution is 2.56. The lowest BCUT2D eigenvalue weighted by molar-refractivity contribution is 0.174. The second-order valence-electron chi connectivity index (χ2n) is 8.83. The maximum Gasteiger partial charge on any atom is 0.231 e. The summed E-state index contributed by atoms with van der Waals surface area (Å²) in [7, 11) is 1.63. The molecular formula is C26H27Cl4NO4. The predicted octanol–water partition coefficient (Wildman–Crippen LogP) is 7.38. The summed E-state index contributed by atoms with van der Waals surface area (Å²) in [4.78, 5) is 2.16. The van der Waals surface area contributed by atoms with E-state index >= 15 is 0 Å². The van der Waals surface area contributed by atoms with E-state index in [-0.39, 0.29) is 6.79 Å². The van der Waals surface area contributed by atoms with Gasteiger partial charge in [0.25, 0.3) is 0 Å². The fourth-order valence-electron chi connectivity index (χ4n) is 5.05. The minimum atomic E-state index is -1.60. The van der Waals surface area contributed by atoms with Gasteiger partial charge in [0.1, 0.15) is 6.04 Å². The third kappa shape index (κ3) is 4.85. The van der Waals surface area contributed by atoms with Gasteiger partial charge < -0.3 is 23.8 Å². The Labute approximate surface area is 225 Å². The van der Waals surface area contributed by atoms with Gasteiger partial charge in [0, 0.05) is 29.2 Å². The van der Waals surface area contributed by atoms with Gasteiger partial charge in [-0.1, -0.05) is 53.7 Å². The van der Waals surface area contributed by atoms with E-state index in [4.69, 9.17) is 65.4 Å². The molecule has 188 valence electrons. The highest BCUT2D eigenvalue weighted by atomic mass is 35.6. The second-order valence-corrected chi connectivity index (χ2v) is 11.6. The molecule has 0 saturated carbocycles. The molecule has 0 N–H and O–H groups in total. The molecule has 0 aromatic heterocycles. The van der Waals surface area contributed by atoms with Gasteiger partial charge in [-0.2, -0.15) is 0 Å². The van der Waals surface area contributed by atoms with E-state index in [0.29, 0.717) is 30.5 Å². The molecule has 2 aromatic rings. The van der Waals surface area contributed by atoms with Crippen LogP contribution in [0.4, 0.5) is 0 Å². The average molecular weight is 559 g/mol. The van der Waals surface area contributed by atoms with Crippen molar-refractivity contribution in [3.63, 3.8) is 0 Å². The van der Waals surface area contributed by atoms with Crippen LogP contribution in [0.5, 0.6) is 23.0 Å². The minimum Gasteiger partial charge on any atom is -0.493 e. The van der Waals surface area contributed by atoms with Crippen molar-refractivity contribution in [2.45, 2.75) is 41.9 Å². The van der Waals surface area contributed by atoms with Gasteiger partial charge >= 0.3 is 0 Å². The van der Waals surface area contributed by atoms with Crippen LogP contribution in [0.15, 0.2) is 24.3 Å². The number of hydrogen-bond donors (Lipinski definition) is 0. The second kappa shape index (κ2) is 10.4. The van der Waals surface area contributed by atoms with Crippen molar-refractivity contribution >= 4 is 58.2 Å². The SMILES string of the molecule is COc1ccc2c(c1OCCCCCCCl)C(C(Cl)(Cl)Cl)N1CCc3cc4c(cc3C1=C2)OCO4.